The number of hydrogen-bond donors (Lipinski definition) is 0. The van der Waals surface area contributed by atoms with Gasteiger partial charge >= 0.3 is 0 Å². The van der Waals surface area contributed by atoms with Crippen LogP contribution in [0.5, 0.6) is 0 Å². The monoisotopic (exact) mass is 525 g/mol. The fourth-order valence-electron chi connectivity index (χ4n) is 5.57. The van der Waals surface area contributed by atoms with Crippen LogP contribution in [0.15, 0.2) is 96.0 Å². The third-order valence-corrected chi connectivity index (χ3v) is 10.3. The standard InChI is InChI=1S/C26H26NOP.C5H10.Fe/c1-4-11-20(12-5-1)24-19-28-26(27-24)23-17-10-18-25(23)29(21-13-6-2-7-14-21)22-15-8-3-9-16-22;1-2-4-5-3-1;/h1-9,11-16,23-25H,10,17-19H2;1-5H2;/t23?,24-,25?;;/m0../s1. The number of hydrogen-bond acceptors (Lipinski definition) is 2. The van der Waals surface area contributed by atoms with Gasteiger partial charge in [0.15, 0.2) is 5.90 Å². The predicted molar refractivity (Wildman–Crippen MR) is 146 cm³/mol. The molecule has 1 aliphatic heterocycles. The van der Waals surface area contributed by atoms with Crippen LogP contribution in [-0.2, 0) is 21.8 Å². The molecule has 2 nitrogen and oxygen atoms in total. The number of rotatable bonds is 5. The van der Waals surface area contributed by atoms with Crippen LogP contribution in [-0.4, -0.2) is 18.2 Å². The summed E-state index contributed by atoms with van der Waals surface area (Å²) in [6, 6.07) is 32.8. The van der Waals surface area contributed by atoms with Gasteiger partial charge in [0.05, 0.1) is 0 Å². The Hall–Kier alpha value is -1.92. The maximum absolute atomic E-state index is 6.22. The second kappa shape index (κ2) is 13.4. The van der Waals surface area contributed by atoms with Crippen molar-refractivity contribution in [2.45, 2.75) is 63.1 Å². The van der Waals surface area contributed by atoms with E-state index in [1.54, 1.807) is 0 Å². The van der Waals surface area contributed by atoms with Crippen LogP contribution in [0, 0.1) is 5.92 Å². The molecule has 0 amide bonds. The van der Waals surface area contributed by atoms with E-state index in [1.165, 1.54) is 67.5 Å². The smallest absolute Gasteiger partial charge is 0.187 e. The van der Waals surface area contributed by atoms with E-state index in [4.69, 9.17) is 9.73 Å². The Morgan fingerprint density at radius 2 is 1.14 bits per heavy atom. The van der Waals surface area contributed by atoms with Crippen molar-refractivity contribution in [3.8, 4) is 0 Å². The molecule has 3 atom stereocenters. The molecule has 2 fully saturated rings. The number of aliphatic imine (C=N–C) groups is 1. The Bertz CT molecular complexity index is 992. The molecule has 0 saturated heterocycles. The summed E-state index contributed by atoms with van der Waals surface area (Å²) in [7, 11) is -0.437. The Labute approximate surface area is 222 Å². The van der Waals surface area contributed by atoms with Crippen molar-refractivity contribution in [1.82, 2.24) is 0 Å². The van der Waals surface area contributed by atoms with E-state index in [1.807, 2.05) is 0 Å². The van der Waals surface area contributed by atoms with E-state index < -0.39 is 7.92 Å². The number of benzene rings is 3. The Morgan fingerprint density at radius 3 is 1.69 bits per heavy atom. The molecule has 0 radical (unpaired) electrons. The zero-order chi connectivity index (χ0) is 23.0. The van der Waals surface area contributed by atoms with Gasteiger partial charge in [0, 0.05) is 23.0 Å². The Kier molecular flexibility index (Phi) is 10.0. The van der Waals surface area contributed by atoms with Gasteiger partial charge in [-0.2, -0.15) is 0 Å². The first-order valence-electron chi connectivity index (χ1n) is 13.0. The van der Waals surface area contributed by atoms with Crippen LogP contribution in [0.4, 0.5) is 0 Å². The van der Waals surface area contributed by atoms with Gasteiger partial charge in [-0.1, -0.05) is 130 Å². The molecule has 0 bridgehead atoms. The maximum atomic E-state index is 6.22. The summed E-state index contributed by atoms with van der Waals surface area (Å²) in [5.74, 6) is 1.43. The zero-order valence-corrected chi connectivity index (χ0v) is 22.4. The Balaban J connectivity index is 0.000000431. The fraction of sp³-hybridized carbons (Fsp3) is 0.387. The third kappa shape index (κ3) is 6.65. The molecule has 0 N–H and O–H groups in total. The van der Waals surface area contributed by atoms with Crippen molar-refractivity contribution < 1.29 is 21.8 Å². The van der Waals surface area contributed by atoms with E-state index in [0.29, 0.717) is 18.2 Å². The molecule has 35 heavy (non-hydrogen) atoms. The molecule has 0 spiro atoms. The number of ether oxygens (including phenoxy) is 1. The SMILES string of the molecule is C1CCCC1.[Fe].c1ccc([C@@H]2COC(C3CCCC3P(c3ccccc3)c3ccccc3)=N2)cc1. The van der Waals surface area contributed by atoms with E-state index >= 15 is 0 Å². The van der Waals surface area contributed by atoms with Crippen molar-refractivity contribution >= 4 is 24.4 Å². The predicted octanol–water partition coefficient (Wildman–Crippen LogP) is 7.41. The van der Waals surface area contributed by atoms with Gasteiger partial charge < -0.3 is 4.74 Å². The van der Waals surface area contributed by atoms with Gasteiger partial charge in [0.25, 0.3) is 0 Å². The van der Waals surface area contributed by atoms with Crippen LogP contribution in [0.25, 0.3) is 0 Å². The molecule has 3 aromatic rings. The minimum Gasteiger partial charge on any atom is -0.478 e. The molecular formula is C31H36FeNOP. The van der Waals surface area contributed by atoms with Gasteiger partial charge in [-0.25, -0.2) is 4.99 Å². The fourth-order valence-corrected chi connectivity index (χ4v) is 8.70. The second-order valence-corrected chi connectivity index (χ2v) is 12.1. The molecule has 0 aromatic heterocycles. The summed E-state index contributed by atoms with van der Waals surface area (Å²) in [6.45, 7) is 0.678. The van der Waals surface area contributed by atoms with Crippen LogP contribution in [0.3, 0.4) is 0 Å². The summed E-state index contributed by atoms with van der Waals surface area (Å²) >= 11 is 0. The summed E-state index contributed by atoms with van der Waals surface area (Å²) < 4.78 is 6.22. The molecule has 2 unspecified atom stereocenters. The first-order chi connectivity index (χ1) is 16.9. The number of nitrogens with zero attached hydrogens (tertiary/aromatic N) is 1. The first kappa shape index (κ1) is 26.2. The van der Waals surface area contributed by atoms with Crippen LogP contribution < -0.4 is 10.6 Å². The van der Waals surface area contributed by atoms with Crippen LogP contribution >= 0.6 is 7.92 Å². The van der Waals surface area contributed by atoms with E-state index in [-0.39, 0.29) is 23.1 Å². The molecule has 6 rings (SSSR count). The van der Waals surface area contributed by atoms with Crippen LogP contribution in [0.2, 0.25) is 0 Å². The van der Waals surface area contributed by atoms with Gasteiger partial charge in [0.1, 0.15) is 12.6 Å². The normalized spacial score (nSPS) is 23.1. The van der Waals surface area contributed by atoms with E-state index in [0.717, 1.165) is 5.90 Å². The van der Waals surface area contributed by atoms with Crippen molar-refractivity contribution in [1.29, 1.82) is 0 Å². The minimum absolute atomic E-state index is 0. The summed E-state index contributed by atoms with van der Waals surface area (Å²) in [4.78, 5) is 5.07. The molecular weight excluding hydrogens is 489 g/mol. The summed E-state index contributed by atoms with van der Waals surface area (Å²) in [6.07, 6.45) is 11.2. The second-order valence-electron chi connectivity index (χ2n) is 9.62. The van der Waals surface area contributed by atoms with E-state index in [2.05, 4.69) is 91.0 Å². The van der Waals surface area contributed by atoms with Crippen LogP contribution in [0.1, 0.15) is 63.0 Å². The van der Waals surface area contributed by atoms with Gasteiger partial charge in [-0.05, 0) is 42.6 Å². The minimum atomic E-state index is -0.437. The molecule has 4 heteroatoms. The molecule has 3 aliphatic rings. The largest absolute Gasteiger partial charge is 0.478 e. The molecule has 3 aromatic carbocycles. The quantitative estimate of drug-likeness (QED) is 0.251. The first-order valence-corrected chi connectivity index (χ1v) is 14.5. The van der Waals surface area contributed by atoms with Crippen molar-refractivity contribution in [2.24, 2.45) is 10.9 Å². The van der Waals surface area contributed by atoms with Gasteiger partial charge in [0.2, 0.25) is 0 Å². The third-order valence-electron chi connectivity index (χ3n) is 7.30. The topological polar surface area (TPSA) is 21.6 Å². The Morgan fingerprint density at radius 1 is 0.629 bits per heavy atom. The zero-order valence-electron chi connectivity index (χ0n) is 20.4. The average Bonchev–Trinajstić information content (AvgIpc) is 3.70. The molecule has 2 saturated carbocycles. The average molecular weight is 525 g/mol. The summed E-state index contributed by atoms with van der Waals surface area (Å²) in [5, 5.41) is 2.92. The molecule has 184 valence electrons. The maximum Gasteiger partial charge on any atom is 0.187 e. The van der Waals surface area contributed by atoms with E-state index in [9.17, 15) is 0 Å². The summed E-state index contributed by atoms with van der Waals surface area (Å²) in [5.41, 5.74) is 1.84. The van der Waals surface area contributed by atoms with Crippen molar-refractivity contribution in [3.05, 3.63) is 96.6 Å². The van der Waals surface area contributed by atoms with Crippen molar-refractivity contribution in [2.75, 3.05) is 6.61 Å². The van der Waals surface area contributed by atoms with Crippen molar-refractivity contribution in [3.63, 3.8) is 0 Å². The molecule has 2 aliphatic carbocycles. The molecule has 1 heterocycles. The van der Waals surface area contributed by atoms with Gasteiger partial charge in [-0.15, -0.1) is 0 Å². The van der Waals surface area contributed by atoms with Gasteiger partial charge in [-0.3, -0.25) is 0 Å².